The van der Waals surface area contributed by atoms with Gasteiger partial charge in [0.15, 0.2) is 5.78 Å². The van der Waals surface area contributed by atoms with E-state index < -0.39 is 11.2 Å². The van der Waals surface area contributed by atoms with Gasteiger partial charge in [0.25, 0.3) is 5.56 Å². The SMILES string of the molecule is CCn1cc(C#N)c(=O)n(CC(=O)c2ccc(C)cc2C)c1=O. The molecule has 2 rings (SSSR count). The molecule has 0 aliphatic heterocycles. The molecule has 0 bridgehead atoms. The monoisotopic (exact) mass is 311 g/mol. The summed E-state index contributed by atoms with van der Waals surface area (Å²) in [6, 6.07) is 7.12. The van der Waals surface area contributed by atoms with Gasteiger partial charge >= 0.3 is 5.69 Å². The second-order valence-electron chi connectivity index (χ2n) is 5.36. The molecule has 2 aromatic rings. The predicted octanol–water partition coefficient (Wildman–Crippen LogP) is 1.40. The summed E-state index contributed by atoms with van der Waals surface area (Å²) in [7, 11) is 0. The molecule has 0 spiro atoms. The number of carbonyl (C=O) groups excluding carboxylic acids is 1. The summed E-state index contributed by atoms with van der Waals surface area (Å²) in [6.45, 7) is 5.38. The number of hydrogen-bond acceptors (Lipinski definition) is 4. The lowest BCUT2D eigenvalue weighted by Gasteiger charge is -2.10. The molecule has 0 fully saturated rings. The molecule has 6 nitrogen and oxygen atoms in total. The maximum Gasteiger partial charge on any atom is 0.331 e. The Bertz CT molecular complexity index is 930. The Kier molecular flexibility index (Phi) is 4.60. The molecular weight excluding hydrogens is 294 g/mol. The molecule has 0 N–H and O–H groups in total. The first-order chi connectivity index (χ1) is 10.9. The maximum atomic E-state index is 12.5. The van der Waals surface area contributed by atoms with Crippen LogP contribution >= 0.6 is 0 Å². The second-order valence-corrected chi connectivity index (χ2v) is 5.36. The van der Waals surface area contributed by atoms with Crippen LogP contribution in [0.2, 0.25) is 0 Å². The minimum atomic E-state index is -0.736. The van der Waals surface area contributed by atoms with Gasteiger partial charge in [-0.15, -0.1) is 0 Å². The Morgan fingerprint density at radius 3 is 2.52 bits per heavy atom. The van der Waals surface area contributed by atoms with Gasteiger partial charge in [-0.1, -0.05) is 23.8 Å². The number of Topliss-reactive ketones (excluding diaryl/α,β-unsaturated/α-hetero) is 1. The first-order valence-corrected chi connectivity index (χ1v) is 7.23. The Morgan fingerprint density at radius 1 is 1.26 bits per heavy atom. The van der Waals surface area contributed by atoms with Gasteiger partial charge < -0.3 is 0 Å². The number of hydrogen-bond donors (Lipinski definition) is 0. The first kappa shape index (κ1) is 16.4. The van der Waals surface area contributed by atoms with Crippen molar-refractivity contribution in [2.24, 2.45) is 0 Å². The van der Waals surface area contributed by atoms with Crippen LogP contribution in [0.3, 0.4) is 0 Å². The van der Waals surface area contributed by atoms with Gasteiger partial charge in [0, 0.05) is 18.3 Å². The van der Waals surface area contributed by atoms with Crippen molar-refractivity contribution >= 4 is 5.78 Å². The number of carbonyl (C=O) groups is 1. The number of aryl methyl sites for hydroxylation is 3. The molecule has 0 saturated carbocycles. The molecule has 1 heterocycles. The Hall–Kier alpha value is -2.94. The van der Waals surface area contributed by atoms with E-state index in [2.05, 4.69) is 0 Å². The molecule has 23 heavy (non-hydrogen) atoms. The van der Waals surface area contributed by atoms with Crippen molar-refractivity contribution in [1.82, 2.24) is 9.13 Å². The fourth-order valence-electron chi connectivity index (χ4n) is 2.45. The van der Waals surface area contributed by atoms with Crippen molar-refractivity contribution in [3.05, 3.63) is 67.5 Å². The largest absolute Gasteiger partial charge is 0.331 e. The Balaban J connectivity index is 2.52. The van der Waals surface area contributed by atoms with Crippen LogP contribution in [0, 0.1) is 25.2 Å². The van der Waals surface area contributed by atoms with E-state index in [1.165, 1.54) is 10.8 Å². The molecule has 0 unspecified atom stereocenters. The molecule has 1 aromatic carbocycles. The van der Waals surface area contributed by atoms with Crippen LogP contribution in [0.5, 0.6) is 0 Å². The molecule has 0 amide bonds. The molecule has 6 heteroatoms. The third kappa shape index (κ3) is 3.14. The standard InChI is InChI=1S/C17H17N3O3/c1-4-19-9-13(8-18)16(22)20(17(19)23)10-15(21)14-6-5-11(2)7-12(14)3/h5-7,9H,4,10H2,1-3H3. The fraction of sp³-hybridized carbons (Fsp3) is 0.294. The molecule has 118 valence electrons. The summed E-state index contributed by atoms with van der Waals surface area (Å²) >= 11 is 0. The third-order valence-electron chi connectivity index (χ3n) is 3.68. The molecule has 0 aliphatic rings. The van der Waals surface area contributed by atoms with Gasteiger partial charge in [-0.25, -0.2) is 4.79 Å². The Morgan fingerprint density at radius 2 is 1.96 bits per heavy atom. The number of rotatable bonds is 4. The lowest BCUT2D eigenvalue weighted by Crippen LogP contribution is -2.42. The highest BCUT2D eigenvalue weighted by Crippen LogP contribution is 2.11. The van der Waals surface area contributed by atoms with Crippen LogP contribution in [0.15, 0.2) is 34.0 Å². The van der Waals surface area contributed by atoms with E-state index in [9.17, 15) is 14.4 Å². The normalized spacial score (nSPS) is 10.3. The quantitative estimate of drug-likeness (QED) is 0.799. The zero-order valence-corrected chi connectivity index (χ0v) is 13.3. The molecule has 0 saturated heterocycles. The number of aromatic nitrogens is 2. The van der Waals surface area contributed by atoms with Crippen LogP contribution in [0.4, 0.5) is 0 Å². The van der Waals surface area contributed by atoms with E-state index in [0.717, 1.165) is 15.7 Å². The summed E-state index contributed by atoms with van der Waals surface area (Å²) in [6.07, 6.45) is 1.22. The highest BCUT2D eigenvalue weighted by atomic mass is 16.2. The van der Waals surface area contributed by atoms with Crippen molar-refractivity contribution in [1.29, 1.82) is 5.26 Å². The average molecular weight is 311 g/mol. The number of benzene rings is 1. The van der Waals surface area contributed by atoms with Gasteiger partial charge in [0.05, 0.1) is 6.54 Å². The fourth-order valence-corrected chi connectivity index (χ4v) is 2.45. The van der Waals surface area contributed by atoms with Gasteiger partial charge in [0.1, 0.15) is 11.6 Å². The highest BCUT2D eigenvalue weighted by molar-refractivity contribution is 5.97. The van der Waals surface area contributed by atoms with Gasteiger partial charge in [-0.05, 0) is 26.3 Å². The van der Waals surface area contributed by atoms with Crippen molar-refractivity contribution in [3.8, 4) is 6.07 Å². The van der Waals surface area contributed by atoms with Crippen molar-refractivity contribution in [3.63, 3.8) is 0 Å². The van der Waals surface area contributed by atoms with E-state index in [4.69, 9.17) is 5.26 Å². The molecule has 1 aromatic heterocycles. The third-order valence-corrected chi connectivity index (χ3v) is 3.68. The minimum Gasteiger partial charge on any atom is -0.299 e. The summed E-state index contributed by atoms with van der Waals surface area (Å²) in [5.74, 6) is -0.334. The molecule has 0 aliphatic carbocycles. The predicted molar refractivity (Wildman–Crippen MR) is 85.6 cm³/mol. The molecular formula is C17H17N3O3. The highest BCUT2D eigenvalue weighted by Gasteiger charge is 2.16. The minimum absolute atomic E-state index is 0.153. The topological polar surface area (TPSA) is 84.9 Å². The van der Waals surface area contributed by atoms with Crippen molar-refractivity contribution in [2.75, 3.05) is 0 Å². The van der Waals surface area contributed by atoms with Gasteiger partial charge in [-0.3, -0.25) is 18.7 Å². The first-order valence-electron chi connectivity index (χ1n) is 7.23. The van der Waals surface area contributed by atoms with Crippen molar-refractivity contribution in [2.45, 2.75) is 33.9 Å². The summed E-state index contributed by atoms with van der Waals surface area (Å²) in [5, 5.41) is 9.02. The van der Waals surface area contributed by atoms with E-state index in [1.807, 2.05) is 13.0 Å². The number of nitriles is 1. The average Bonchev–Trinajstić information content (AvgIpc) is 2.51. The maximum absolute atomic E-state index is 12.5. The zero-order chi connectivity index (χ0) is 17.1. The van der Waals surface area contributed by atoms with Crippen LogP contribution in [-0.4, -0.2) is 14.9 Å². The van der Waals surface area contributed by atoms with E-state index in [0.29, 0.717) is 12.1 Å². The van der Waals surface area contributed by atoms with Crippen LogP contribution in [-0.2, 0) is 13.1 Å². The summed E-state index contributed by atoms with van der Waals surface area (Å²) < 4.78 is 2.07. The lowest BCUT2D eigenvalue weighted by atomic mass is 10.0. The lowest BCUT2D eigenvalue weighted by molar-refractivity contribution is 0.0968. The van der Waals surface area contributed by atoms with E-state index in [-0.39, 0.29) is 17.9 Å². The second kappa shape index (κ2) is 6.44. The summed E-state index contributed by atoms with van der Waals surface area (Å²) in [5.41, 5.74) is 0.799. The molecule has 0 atom stereocenters. The van der Waals surface area contributed by atoms with Crippen molar-refractivity contribution < 1.29 is 4.79 Å². The van der Waals surface area contributed by atoms with Crippen LogP contribution < -0.4 is 11.2 Å². The Labute approximate surface area is 133 Å². The summed E-state index contributed by atoms with van der Waals surface area (Å²) in [4.78, 5) is 36.9. The molecule has 0 radical (unpaired) electrons. The van der Waals surface area contributed by atoms with E-state index in [1.54, 1.807) is 32.0 Å². The zero-order valence-electron chi connectivity index (χ0n) is 13.3. The smallest absolute Gasteiger partial charge is 0.299 e. The van der Waals surface area contributed by atoms with Gasteiger partial charge in [-0.2, -0.15) is 5.26 Å². The van der Waals surface area contributed by atoms with Crippen LogP contribution in [0.25, 0.3) is 0 Å². The number of ketones is 1. The number of nitrogens with zero attached hydrogens (tertiary/aromatic N) is 3. The van der Waals surface area contributed by atoms with E-state index >= 15 is 0 Å². The van der Waals surface area contributed by atoms with Gasteiger partial charge in [0.2, 0.25) is 0 Å². The van der Waals surface area contributed by atoms with Crippen LogP contribution in [0.1, 0.15) is 34.0 Å².